The van der Waals surface area contributed by atoms with Gasteiger partial charge in [-0.1, -0.05) is 52.3 Å². The molecule has 0 radical (unpaired) electrons. The van der Waals surface area contributed by atoms with E-state index in [1.165, 1.54) is 16.7 Å². The molecule has 3 aliphatic rings. The Bertz CT molecular complexity index is 1330. The summed E-state index contributed by atoms with van der Waals surface area (Å²) in [5, 5.41) is 6.61. The number of benzene rings is 1. The van der Waals surface area contributed by atoms with Crippen LogP contribution >= 0.6 is 0 Å². The van der Waals surface area contributed by atoms with Gasteiger partial charge in [-0.15, -0.1) is 0 Å². The van der Waals surface area contributed by atoms with E-state index in [2.05, 4.69) is 85.0 Å². The lowest BCUT2D eigenvalue weighted by Crippen LogP contribution is -2.64. The van der Waals surface area contributed by atoms with Crippen LogP contribution in [0.1, 0.15) is 100 Å². The van der Waals surface area contributed by atoms with Gasteiger partial charge in [0.05, 0.1) is 18.4 Å². The first-order chi connectivity index (χ1) is 20.4. The molecule has 6 atom stereocenters. The van der Waals surface area contributed by atoms with Gasteiger partial charge in [0.2, 0.25) is 10.0 Å². The summed E-state index contributed by atoms with van der Waals surface area (Å²) in [6.45, 7) is 15.2. The Morgan fingerprint density at radius 3 is 2.56 bits per heavy atom. The Kier molecular flexibility index (Phi) is 10.2. The predicted molar refractivity (Wildman–Crippen MR) is 171 cm³/mol. The molecule has 2 aromatic rings. The first kappa shape index (κ1) is 32.4. The van der Waals surface area contributed by atoms with Crippen LogP contribution in [-0.2, 0) is 27.7 Å². The molecule has 1 aliphatic carbocycles. The van der Waals surface area contributed by atoms with E-state index in [9.17, 15) is 8.42 Å². The fraction of sp³-hybridized carbons (Fsp3) is 0.697. The zero-order valence-electron chi connectivity index (χ0n) is 26.9. The van der Waals surface area contributed by atoms with E-state index in [4.69, 9.17) is 9.72 Å². The summed E-state index contributed by atoms with van der Waals surface area (Å²) in [5.74, 6) is 1.09. The van der Waals surface area contributed by atoms with E-state index in [1.807, 2.05) is 12.3 Å². The molecule has 1 saturated carbocycles. The summed E-state index contributed by atoms with van der Waals surface area (Å²) in [6.07, 6.45) is 6.71. The number of aryl methyl sites for hydroxylation is 3. The molecule has 2 saturated heterocycles. The minimum absolute atomic E-state index is 0.0493. The van der Waals surface area contributed by atoms with Crippen molar-refractivity contribution in [3.05, 3.63) is 58.7 Å². The van der Waals surface area contributed by atoms with Crippen molar-refractivity contribution in [3.8, 4) is 0 Å². The molecule has 0 amide bonds. The number of nitrogens with zero attached hydrogens (tertiary/aromatic N) is 3. The summed E-state index contributed by atoms with van der Waals surface area (Å²) in [4.78, 5) is 12.0. The van der Waals surface area contributed by atoms with Gasteiger partial charge in [0.25, 0.3) is 0 Å². The van der Waals surface area contributed by atoms with Crippen molar-refractivity contribution >= 4 is 10.0 Å². The highest BCUT2D eigenvalue weighted by Crippen LogP contribution is 2.34. The first-order valence-corrected chi connectivity index (χ1v) is 17.7. The smallest absolute Gasteiger partial charge is 0.216 e. The second-order valence-electron chi connectivity index (χ2n) is 14.2. The van der Waals surface area contributed by atoms with Crippen molar-refractivity contribution < 1.29 is 13.2 Å². The van der Waals surface area contributed by atoms with E-state index in [1.54, 1.807) is 0 Å². The van der Waals surface area contributed by atoms with Crippen LogP contribution in [0.5, 0.6) is 0 Å². The molecule has 1 aromatic heterocycles. The standard InChI is InChI=1S/C33H52N6O3S/c1-7-25-14-15-34-29(35-25)20-39-19-24-12-9-13-27(16-24)43(40,41)38-32-36-28(31-22(2)10-8-11-23(31)3)17-30(37-32)42-21-26(39)18-33(4,5)6/h8,10-11,14-15,24,26-28,30,32,36-38H,7,9,12-13,16-21H2,1-6H3/t24?,26-,27?,28?,30?,32?/m1/s1. The molecule has 0 spiro atoms. The van der Waals surface area contributed by atoms with Crippen molar-refractivity contribution in [2.75, 3.05) is 13.2 Å². The average molecular weight is 613 g/mol. The Balaban J connectivity index is 1.50. The van der Waals surface area contributed by atoms with Gasteiger partial charge < -0.3 is 4.74 Å². The van der Waals surface area contributed by atoms with Crippen LogP contribution < -0.4 is 15.4 Å². The fourth-order valence-electron chi connectivity index (χ4n) is 7.30. The van der Waals surface area contributed by atoms with Crippen molar-refractivity contribution in [2.45, 2.75) is 123 Å². The maximum atomic E-state index is 13.8. The zero-order valence-corrected chi connectivity index (χ0v) is 27.7. The minimum atomic E-state index is -3.57. The van der Waals surface area contributed by atoms with Gasteiger partial charge in [-0.05, 0) is 80.0 Å². The average Bonchev–Trinajstić information content (AvgIpc) is 2.94. The van der Waals surface area contributed by atoms with Gasteiger partial charge in [-0.25, -0.2) is 18.4 Å². The van der Waals surface area contributed by atoms with E-state index in [0.29, 0.717) is 32.4 Å². The molecule has 1 aromatic carbocycles. The molecular formula is C33H52N6O3S. The third kappa shape index (κ3) is 8.41. The third-order valence-electron chi connectivity index (χ3n) is 9.33. The topological polar surface area (TPSA) is 108 Å². The van der Waals surface area contributed by atoms with Crippen LogP contribution in [0.15, 0.2) is 30.5 Å². The Hall–Kier alpha value is -1.95. The van der Waals surface area contributed by atoms with E-state index >= 15 is 0 Å². The van der Waals surface area contributed by atoms with Gasteiger partial charge in [0.1, 0.15) is 18.3 Å². The second-order valence-corrected chi connectivity index (χ2v) is 16.2. The Morgan fingerprint density at radius 2 is 1.84 bits per heavy atom. The second kappa shape index (κ2) is 13.6. The largest absolute Gasteiger partial charge is 0.362 e. The summed E-state index contributed by atoms with van der Waals surface area (Å²) in [6, 6.07) is 8.38. The first-order valence-electron chi connectivity index (χ1n) is 16.2. The number of ether oxygens (including phenoxy) is 1. The molecule has 4 bridgehead atoms. The monoisotopic (exact) mass is 612 g/mol. The van der Waals surface area contributed by atoms with E-state index < -0.39 is 21.6 Å². The summed E-state index contributed by atoms with van der Waals surface area (Å²) < 4.78 is 37.4. The maximum Gasteiger partial charge on any atom is 0.216 e. The number of nitrogens with one attached hydrogen (secondary N) is 3. The lowest BCUT2D eigenvalue weighted by Gasteiger charge is -2.40. The summed E-state index contributed by atoms with van der Waals surface area (Å²) >= 11 is 0. The highest BCUT2D eigenvalue weighted by molar-refractivity contribution is 7.90. The Labute approximate surface area is 259 Å². The lowest BCUT2D eigenvalue weighted by molar-refractivity contribution is -0.0519. The molecule has 3 heterocycles. The van der Waals surface area contributed by atoms with Crippen LogP contribution in [0.2, 0.25) is 0 Å². The van der Waals surface area contributed by atoms with Gasteiger partial charge in [-0.2, -0.15) is 4.72 Å². The highest BCUT2D eigenvalue weighted by Gasteiger charge is 2.39. The van der Waals surface area contributed by atoms with Gasteiger partial charge in [-0.3, -0.25) is 15.5 Å². The van der Waals surface area contributed by atoms with Crippen LogP contribution in [0, 0.1) is 25.2 Å². The summed E-state index contributed by atoms with van der Waals surface area (Å²) in [5.41, 5.74) is 4.72. The molecule has 43 heavy (non-hydrogen) atoms. The normalized spacial score (nSPS) is 30.6. The van der Waals surface area contributed by atoms with E-state index in [0.717, 1.165) is 43.7 Å². The zero-order chi connectivity index (χ0) is 30.8. The number of sulfonamides is 1. The molecule has 5 unspecified atom stereocenters. The molecule has 3 fully saturated rings. The highest BCUT2D eigenvalue weighted by atomic mass is 32.2. The van der Waals surface area contributed by atoms with E-state index in [-0.39, 0.29) is 29.6 Å². The van der Waals surface area contributed by atoms with Crippen molar-refractivity contribution in [1.29, 1.82) is 0 Å². The number of fused-ring (bicyclic) bond motifs is 4. The van der Waals surface area contributed by atoms with Crippen LogP contribution in [0.4, 0.5) is 0 Å². The molecule has 5 rings (SSSR count). The number of rotatable bonds is 5. The maximum absolute atomic E-state index is 13.8. The molecule has 9 nitrogen and oxygen atoms in total. The fourth-order valence-corrected chi connectivity index (χ4v) is 8.96. The number of hydrogen-bond donors (Lipinski definition) is 3. The molecule has 3 N–H and O–H groups in total. The van der Waals surface area contributed by atoms with Gasteiger partial charge >= 0.3 is 0 Å². The molecule has 238 valence electrons. The lowest BCUT2D eigenvalue weighted by atomic mass is 9.85. The van der Waals surface area contributed by atoms with Crippen molar-refractivity contribution in [3.63, 3.8) is 0 Å². The molecule has 2 aliphatic heterocycles. The molecular weight excluding hydrogens is 560 g/mol. The molecule has 10 heteroatoms. The quantitative estimate of drug-likeness (QED) is 0.446. The SMILES string of the molecule is CCc1ccnc(CN2CC3CCCC(C3)S(=O)(=O)NC3NC(CC(c4c(C)cccc4C)N3)OC[C@H]2CC(C)(C)C)n1. The number of aromatic nitrogens is 2. The predicted octanol–water partition coefficient (Wildman–Crippen LogP) is 4.70. The Morgan fingerprint density at radius 1 is 1.07 bits per heavy atom. The van der Waals surface area contributed by atoms with Crippen LogP contribution in [-0.4, -0.2) is 60.2 Å². The van der Waals surface area contributed by atoms with Crippen LogP contribution in [0.25, 0.3) is 0 Å². The third-order valence-corrected chi connectivity index (χ3v) is 11.2. The van der Waals surface area contributed by atoms with Crippen LogP contribution in [0.3, 0.4) is 0 Å². The van der Waals surface area contributed by atoms with Gasteiger partial charge in [0, 0.05) is 36.9 Å². The van der Waals surface area contributed by atoms with Crippen molar-refractivity contribution in [1.82, 2.24) is 30.2 Å². The van der Waals surface area contributed by atoms with Gasteiger partial charge in [0.15, 0.2) is 0 Å². The number of hydrogen-bond acceptors (Lipinski definition) is 8. The minimum Gasteiger partial charge on any atom is -0.362 e. The van der Waals surface area contributed by atoms with Crippen molar-refractivity contribution in [2.24, 2.45) is 11.3 Å². The summed E-state index contributed by atoms with van der Waals surface area (Å²) in [7, 11) is -3.57.